The van der Waals surface area contributed by atoms with Crippen LogP contribution in [0.25, 0.3) is 6.08 Å². The van der Waals surface area contributed by atoms with Crippen molar-refractivity contribution in [3.8, 4) is 17.2 Å². The predicted octanol–water partition coefficient (Wildman–Crippen LogP) is 2.66. The number of cyclic esters (lactones) is 1. The summed E-state index contributed by atoms with van der Waals surface area (Å²) in [4.78, 5) is 24.8. The quantitative estimate of drug-likeness (QED) is 0.852. The highest BCUT2D eigenvalue weighted by molar-refractivity contribution is 5.99. The van der Waals surface area contributed by atoms with Crippen LogP contribution in [0.2, 0.25) is 0 Å². The maximum absolute atomic E-state index is 12.4. The molecule has 7 nitrogen and oxygen atoms in total. The van der Waals surface area contributed by atoms with Gasteiger partial charge in [-0.15, -0.1) is 0 Å². The number of hydrogen-bond donors (Lipinski definition) is 1. The summed E-state index contributed by atoms with van der Waals surface area (Å²) in [5, 5.41) is 10.0. The van der Waals surface area contributed by atoms with Gasteiger partial charge in [-0.05, 0) is 13.0 Å². The van der Waals surface area contributed by atoms with E-state index in [0.717, 1.165) is 0 Å². The van der Waals surface area contributed by atoms with Gasteiger partial charge in [0.25, 0.3) is 0 Å². The Morgan fingerprint density at radius 3 is 2.56 bits per heavy atom. The number of methoxy groups -OCH3 is 2. The fourth-order valence-electron chi connectivity index (χ4n) is 2.80. The molecule has 130 valence electrons. The molecule has 25 heavy (non-hydrogen) atoms. The first-order valence-electron chi connectivity index (χ1n) is 7.46. The lowest BCUT2D eigenvalue weighted by Crippen LogP contribution is -2.14. The number of hydrogen-bond acceptors (Lipinski definition) is 7. The summed E-state index contributed by atoms with van der Waals surface area (Å²) in [7, 11) is 2.71. The van der Waals surface area contributed by atoms with Gasteiger partial charge in [0.2, 0.25) is 0 Å². The highest BCUT2D eigenvalue weighted by Crippen LogP contribution is 2.48. The van der Waals surface area contributed by atoms with E-state index in [2.05, 4.69) is 0 Å². The Labute approximate surface area is 143 Å². The van der Waals surface area contributed by atoms with Crippen molar-refractivity contribution < 1.29 is 28.5 Å². The fourth-order valence-corrected chi connectivity index (χ4v) is 2.80. The Morgan fingerprint density at radius 1 is 1.20 bits per heavy atom. The van der Waals surface area contributed by atoms with Crippen molar-refractivity contribution in [2.24, 2.45) is 0 Å². The van der Waals surface area contributed by atoms with Crippen molar-refractivity contribution in [2.75, 3.05) is 14.2 Å². The average molecular weight is 344 g/mol. The standard InChI is InChI=1S/C18H16O7/c1-4-5-9-6-11(19)10(8-24-9)16-14-13(22-2)7-12(20)17(23-3)15(14)18(21)25-16/h4-8,16,20H,1-3H3. The highest BCUT2D eigenvalue weighted by atomic mass is 16.6. The number of benzene rings is 1. The van der Waals surface area contributed by atoms with Gasteiger partial charge in [0.05, 0.1) is 25.3 Å². The first-order valence-corrected chi connectivity index (χ1v) is 7.46. The van der Waals surface area contributed by atoms with Crippen LogP contribution in [0, 0.1) is 0 Å². The van der Waals surface area contributed by atoms with E-state index in [4.69, 9.17) is 18.6 Å². The van der Waals surface area contributed by atoms with Crippen LogP contribution in [0.5, 0.6) is 17.2 Å². The Balaban J connectivity index is 2.21. The molecule has 0 spiro atoms. The van der Waals surface area contributed by atoms with Crippen LogP contribution in [-0.4, -0.2) is 25.3 Å². The van der Waals surface area contributed by atoms with Crippen LogP contribution in [0.3, 0.4) is 0 Å². The molecule has 0 aliphatic carbocycles. The van der Waals surface area contributed by atoms with E-state index >= 15 is 0 Å². The van der Waals surface area contributed by atoms with E-state index in [1.165, 1.54) is 32.6 Å². The number of allylic oxidation sites excluding steroid dienone is 1. The number of fused-ring (bicyclic) bond motifs is 1. The summed E-state index contributed by atoms with van der Waals surface area (Å²) in [6.45, 7) is 1.80. The number of phenolic OH excluding ortho intramolecular Hbond substituents is 1. The minimum atomic E-state index is -1.01. The topological polar surface area (TPSA) is 95.2 Å². The Kier molecular flexibility index (Phi) is 4.22. The molecule has 1 aromatic heterocycles. The molecule has 0 bridgehead atoms. The SMILES string of the molecule is CC=Cc1cc(=O)c(C2OC(=O)c3c(OC)c(O)cc(OC)c32)co1. The van der Waals surface area contributed by atoms with Crippen LogP contribution in [0.4, 0.5) is 0 Å². The normalized spacial score (nSPS) is 16.0. The van der Waals surface area contributed by atoms with Crippen molar-refractivity contribution >= 4 is 12.0 Å². The van der Waals surface area contributed by atoms with Gasteiger partial charge in [0.1, 0.15) is 23.3 Å². The van der Waals surface area contributed by atoms with Gasteiger partial charge >= 0.3 is 5.97 Å². The van der Waals surface area contributed by atoms with Crippen molar-refractivity contribution in [3.63, 3.8) is 0 Å². The minimum absolute atomic E-state index is 0.0290. The molecule has 7 heteroatoms. The molecule has 2 heterocycles. The van der Waals surface area contributed by atoms with Gasteiger partial charge in [-0.25, -0.2) is 4.79 Å². The number of carbonyl (C=O) groups excluding carboxylic acids is 1. The van der Waals surface area contributed by atoms with Crippen molar-refractivity contribution in [3.05, 3.63) is 57.1 Å². The molecular weight excluding hydrogens is 328 g/mol. The maximum atomic E-state index is 12.4. The molecule has 0 radical (unpaired) electrons. The van der Waals surface area contributed by atoms with E-state index in [0.29, 0.717) is 11.3 Å². The van der Waals surface area contributed by atoms with Crippen LogP contribution >= 0.6 is 0 Å². The molecule has 1 aliphatic rings. The molecule has 1 N–H and O–H groups in total. The first kappa shape index (κ1) is 16.6. The third-order valence-electron chi connectivity index (χ3n) is 3.87. The van der Waals surface area contributed by atoms with Gasteiger partial charge in [-0.3, -0.25) is 4.79 Å². The van der Waals surface area contributed by atoms with Gasteiger partial charge in [0.15, 0.2) is 23.0 Å². The third kappa shape index (κ3) is 2.63. The summed E-state index contributed by atoms with van der Waals surface area (Å²) in [5.74, 6) is -0.413. The van der Waals surface area contributed by atoms with Crippen LogP contribution < -0.4 is 14.9 Å². The zero-order valence-corrected chi connectivity index (χ0v) is 13.9. The molecule has 1 aliphatic heterocycles. The van der Waals surface area contributed by atoms with Gasteiger partial charge in [-0.2, -0.15) is 0 Å². The molecule has 3 rings (SSSR count). The Morgan fingerprint density at radius 2 is 1.96 bits per heavy atom. The summed E-state index contributed by atoms with van der Waals surface area (Å²) >= 11 is 0. The summed E-state index contributed by atoms with van der Waals surface area (Å²) < 4.78 is 21.1. The average Bonchev–Trinajstić information content (AvgIpc) is 2.92. The van der Waals surface area contributed by atoms with Crippen molar-refractivity contribution in [1.29, 1.82) is 0 Å². The molecule has 1 aromatic carbocycles. The molecule has 0 amide bonds. The number of ether oxygens (including phenoxy) is 3. The van der Waals surface area contributed by atoms with E-state index in [-0.39, 0.29) is 33.8 Å². The molecule has 2 aromatic rings. The number of carbonyl (C=O) groups is 1. The molecule has 1 unspecified atom stereocenters. The molecule has 0 saturated heterocycles. The number of phenols is 1. The number of aromatic hydroxyl groups is 1. The number of esters is 1. The smallest absolute Gasteiger partial charge is 0.343 e. The number of rotatable bonds is 4. The summed E-state index contributed by atoms with van der Waals surface area (Å²) in [5.41, 5.74) is 0.139. The van der Waals surface area contributed by atoms with Crippen LogP contribution in [-0.2, 0) is 4.74 Å². The van der Waals surface area contributed by atoms with E-state index in [1.807, 2.05) is 0 Å². The minimum Gasteiger partial charge on any atom is -0.504 e. The van der Waals surface area contributed by atoms with Gasteiger partial charge in [-0.1, -0.05) is 6.08 Å². The maximum Gasteiger partial charge on any atom is 0.343 e. The summed E-state index contributed by atoms with van der Waals surface area (Å²) in [6.07, 6.45) is 3.62. The zero-order valence-electron chi connectivity index (χ0n) is 13.9. The van der Waals surface area contributed by atoms with Gasteiger partial charge < -0.3 is 23.7 Å². The lowest BCUT2D eigenvalue weighted by molar-refractivity contribution is 0.0448. The lowest BCUT2D eigenvalue weighted by Gasteiger charge is -2.14. The Bertz CT molecular complexity index is 924. The van der Waals surface area contributed by atoms with Gasteiger partial charge in [0, 0.05) is 12.1 Å². The second-order valence-electron chi connectivity index (χ2n) is 5.31. The first-order chi connectivity index (χ1) is 12.0. The van der Waals surface area contributed by atoms with E-state index in [9.17, 15) is 14.7 Å². The highest BCUT2D eigenvalue weighted by Gasteiger charge is 2.41. The summed E-state index contributed by atoms with van der Waals surface area (Å²) in [6, 6.07) is 2.62. The molecule has 0 saturated carbocycles. The van der Waals surface area contributed by atoms with Crippen molar-refractivity contribution in [1.82, 2.24) is 0 Å². The lowest BCUT2D eigenvalue weighted by atomic mass is 9.98. The van der Waals surface area contributed by atoms with E-state index < -0.39 is 12.1 Å². The zero-order chi connectivity index (χ0) is 18.1. The third-order valence-corrected chi connectivity index (χ3v) is 3.87. The Hall–Kier alpha value is -3.22. The molecule has 0 fully saturated rings. The monoisotopic (exact) mass is 344 g/mol. The van der Waals surface area contributed by atoms with Crippen LogP contribution in [0.15, 0.2) is 33.7 Å². The molecule has 1 atom stereocenters. The predicted molar refractivity (Wildman–Crippen MR) is 88.2 cm³/mol. The largest absolute Gasteiger partial charge is 0.504 e. The second-order valence-corrected chi connectivity index (χ2v) is 5.31. The fraction of sp³-hybridized carbons (Fsp3) is 0.222. The molecular formula is C18H16O7. The van der Waals surface area contributed by atoms with Crippen molar-refractivity contribution in [2.45, 2.75) is 13.0 Å². The van der Waals surface area contributed by atoms with E-state index in [1.54, 1.807) is 19.1 Å². The van der Waals surface area contributed by atoms with Crippen LogP contribution in [0.1, 0.15) is 40.3 Å². The second kappa shape index (κ2) is 6.35.